The molecule has 0 aromatic heterocycles. The minimum absolute atomic E-state index is 0.104. The lowest BCUT2D eigenvalue weighted by Gasteiger charge is -2.03. The standard InChI is InChI=1S/C12H10O4/c1-16-8-4-2-7(3-5-8)11-9(13)6-10(14)12(11)15/h2-5,15H,6H2,1H3. The lowest BCUT2D eigenvalue weighted by Crippen LogP contribution is -1.96. The molecule has 2 rings (SSSR count). The third-order valence-corrected chi connectivity index (χ3v) is 2.48. The van der Waals surface area contributed by atoms with Crippen LogP contribution in [0.5, 0.6) is 5.75 Å². The fourth-order valence-electron chi connectivity index (χ4n) is 1.64. The number of hydrogen-bond donors (Lipinski definition) is 1. The van der Waals surface area contributed by atoms with Gasteiger partial charge in [-0.1, -0.05) is 12.1 Å². The van der Waals surface area contributed by atoms with Crippen molar-refractivity contribution in [1.82, 2.24) is 0 Å². The molecule has 0 radical (unpaired) electrons. The number of benzene rings is 1. The summed E-state index contributed by atoms with van der Waals surface area (Å²) in [5.74, 6) is -0.640. The number of aliphatic hydroxyl groups excluding tert-OH is 1. The maximum Gasteiger partial charge on any atom is 0.205 e. The first-order valence-electron chi connectivity index (χ1n) is 4.77. The molecule has 0 spiro atoms. The third kappa shape index (κ3) is 1.58. The monoisotopic (exact) mass is 218 g/mol. The van der Waals surface area contributed by atoms with Gasteiger partial charge in [0.15, 0.2) is 11.5 Å². The van der Waals surface area contributed by atoms with Crippen molar-refractivity contribution in [2.45, 2.75) is 6.42 Å². The zero-order chi connectivity index (χ0) is 11.7. The van der Waals surface area contributed by atoms with E-state index in [0.717, 1.165) is 0 Å². The number of allylic oxidation sites excluding steroid dienone is 2. The summed E-state index contributed by atoms with van der Waals surface area (Å²) in [4.78, 5) is 22.6. The van der Waals surface area contributed by atoms with Gasteiger partial charge in [-0.25, -0.2) is 0 Å². The maximum atomic E-state index is 11.5. The van der Waals surface area contributed by atoms with Crippen LogP contribution in [0.2, 0.25) is 0 Å². The van der Waals surface area contributed by atoms with Crippen molar-refractivity contribution in [3.63, 3.8) is 0 Å². The zero-order valence-corrected chi connectivity index (χ0v) is 8.69. The van der Waals surface area contributed by atoms with Gasteiger partial charge in [0.2, 0.25) is 5.78 Å². The summed E-state index contributed by atoms with van der Waals surface area (Å²) in [7, 11) is 1.54. The van der Waals surface area contributed by atoms with Crippen molar-refractivity contribution in [1.29, 1.82) is 0 Å². The number of rotatable bonds is 2. The number of hydrogen-bond acceptors (Lipinski definition) is 4. The van der Waals surface area contributed by atoms with E-state index in [4.69, 9.17) is 4.74 Å². The second-order valence-electron chi connectivity index (χ2n) is 3.48. The van der Waals surface area contributed by atoms with Gasteiger partial charge in [-0.2, -0.15) is 0 Å². The Bertz CT molecular complexity index is 482. The lowest BCUT2D eigenvalue weighted by molar-refractivity contribution is -0.121. The molecule has 1 aromatic rings. The van der Waals surface area contributed by atoms with Crippen molar-refractivity contribution in [3.05, 3.63) is 35.6 Å². The molecule has 4 nitrogen and oxygen atoms in total. The number of ketones is 2. The number of ether oxygens (including phenoxy) is 1. The number of carbonyl (C=O) groups excluding carboxylic acids is 2. The molecule has 0 atom stereocenters. The second-order valence-corrected chi connectivity index (χ2v) is 3.48. The van der Waals surface area contributed by atoms with E-state index in [0.29, 0.717) is 11.3 Å². The van der Waals surface area contributed by atoms with E-state index in [2.05, 4.69) is 0 Å². The van der Waals surface area contributed by atoms with Gasteiger partial charge < -0.3 is 9.84 Å². The van der Waals surface area contributed by atoms with Crippen molar-refractivity contribution < 1.29 is 19.4 Å². The first kappa shape index (κ1) is 10.4. The molecular formula is C12H10O4. The Morgan fingerprint density at radius 1 is 1.12 bits per heavy atom. The van der Waals surface area contributed by atoms with E-state index in [1.807, 2.05) is 0 Å². The first-order valence-corrected chi connectivity index (χ1v) is 4.77. The average Bonchev–Trinajstić information content (AvgIpc) is 2.54. The second kappa shape index (κ2) is 3.81. The largest absolute Gasteiger partial charge is 0.504 e. The van der Waals surface area contributed by atoms with Crippen molar-refractivity contribution in [3.8, 4) is 5.75 Å². The summed E-state index contributed by atoms with van der Waals surface area (Å²) in [5.41, 5.74) is 0.641. The lowest BCUT2D eigenvalue weighted by atomic mass is 10.0. The normalized spacial score (nSPS) is 15.8. The summed E-state index contributed by atoms with van der Waals surface area (Å²) >= 11 is 0. The number of Topliss-reactive ketones (excluding diaryl/α,β-unsaturated/α-hetero) is 2. The molecule has 0 unspecified atom stereocenters. The molecule has 16 heavy (non-hydrogen) atoms. The van der Waals surface area contributed by atoms with Crippen LogP contribution in [0.25, 0.3) is 5.57 Å². The predicted molar refractivity (Wildman–Crippen MR) is 57.2 cm³/mol. The molecule has 0 fully saturated rings. The molecule has 0 heterocycles. The molecule has 1 aliphatic carbocycles. The van der Waals surface area contributed by atoms with Crippen LogP contribution in [-0.4, -0.2) is 23.8 Å². The van der Waals surface area contributed by atoms with Gasteiger partial charge in [-0.05, 0) is 17.7 Å². The highest BCUT2D eigenvalue weighted by atomic mass is 16.5. The van der Waals surface area contributed by atoms with Crippen molar-refractivity contribution in [2.75, 3.05) is 7.11 Å². The Hall–Kier alpha value is -2.10. The quantitative estimate of drug-likeness (QED) is 0.764. The van der Waals surface area contributed by atoms with Gasteiger partial charge >= 0.3 is 0 Å². The molecule has 1 aromatic carbocycles. The third-order valence-electron chi connectivity index (χ3n) is 2.48. The van der Waals surface area contributed by atoms with Crippen LogP contribution in [-0.2, 0) is 9.59 Å². The van der Waals surface area contributed by atoms with Crippen LogP contribution >= 0.6 is 0 Å². The summed E-state index contributed by atoms with van der Waals surface area (Å²) in [6, 6.07) is 6.62. The zero-order valence-electron chi connectivity index (χ0n) is 8.69. The van der Waals surface area contributed by atoms with Gasteiger partial charge in [0, 0.05) is 0 Å². The summed E-state index contributed by atoms with van der Waals surface area (Å²) in [5, 5.41) is 9.49. The molecule has 0 amide bonds. The number of carbonyl (C=O) groups is 2. The molecule has 0 aliphatic heterocycles. The molecule has 1 N–H and O–H groups in total. The van der Waals surface area contributed by atoms with Crippen molar-refractivity contribution >= 4 is 17.1 Å². The van der Waals surface area contributed by atoms with Crippen LogP contribution in [0.4, 0.5) is 0 Å². The van der Waals surface area contributed by atoms with E-state index < -0.39 is 11.5 Å². The number of methoxy groups -OCH3 is 1. The van der Waals surface area contributed by atoms with E-state index in [1.54, 1.807) is 24.3 Å². The van der Waals surface area contributed by atoms with Crippen LogP contribution in [0, 0.1) is 0 Å². The number of aliphatic hydroxyl groups is 1. The van der Waals surface area contributed by atoms with E-state index in [-0.39, 0.29) is 17.8 Å². The molecule has 82 valence electrons. The highest BCUT2D eigenvalue weighted by molar-refractivity contribution is 6.37. The minimum atomic E-state index is -0.518. The highest BCUT2D eigenvalue weighted by Gasteiger charge is 2.31. The predicted octanol–water partition coefficient (Wildman–Crippen LogP) is 1.51. The van der Waals surface area contributed by atoms with Gasteiger partial charge in [-0.3, -0.25) is 9.59 Å². The summed E-state index contributed by atoms with van der Waals surface area (Å²) in [6.45, 7) is 0. The molecule has 0 bridgehead atoms. The van der Waals surface area contributed by atoms with Gasteiger partial charge in [0.25, 0.3) is 0 Å². The highest BCUT2D eigenvalue weighted by Crippen LogP contribution is 2.28. The Morgan fingerprint density at radius 2 is 1.75 bits per heavy atom. The van der Waals surface area contributed by atoms with Crippen molar-refractivity contribution in [2.24, 2.45) is 0 Å². The molecule has 4 heteroatoms. The topological polar surface area (TPSA) is 63.6 Å². The fourth-order valence-corrected chi connectivity index (χ4v) is 1.64. The Kier molecular flexibility index (Phi) is 2.48. The van der Waals surface area contributed by atoms with Crippen LogP contribution in [0.1, 0.15) is 12.0 Å². The van der Waals surface area contributed by atoms with Crippen LogP contribution < -0.4 is 4.74 Å². The van der Waals surface area contributed by atoms with E-state index in [9.17, 15) is 14.7 Å². The first-order chi connectivity index (χ1) is 7.63. The molecule has 0 saturated carbocycles. The smallest absolute Gasteiger partial charge is 0.205 e. The van der Waals surface area contributed by atoms with Gasteiger partial charge in [0.1, 0.15) is 5.75 Å². The maximum absolute atomic E-state index is 11.5. The molecule has 0 saturated heterocycles. The summed E-state index contributed by atoms with van der Waals surface area (Å²) in [6.07, 6.45) is -0.243. The van der Waals surface area contributed by atoms with Gasteiger partial charge in [0.05, 0.1) is 19.1 Å². The Morgan fingerprint density at radius 3 is 2.19 bits per heavy atom. The Balaban J connectivity index is 2.44. The van der Waals surface area contributed by atoms with E-state index in [1.165, 1.54) is 7.11 Å². The Labute approximate surface area is 92.2 Å². The summed E-state index contributed by atoms with van der Waals surface area (Å²) < 4.78 is 4.98. The van der Waals surface area contributed by atoms with Gasteiger partial charge in [-0.15, -0.1) is 0 Å². The van der Waals surface area contributed by atoms with E-state index >= 15 is 0 Å². The van der Waals surface area contributed by atoms with Crippen LogP contribution in [0.15, 0.2) is 30.0 Å². The average molecular weight is 218 g/mol. The minimum Gasteiger partial charge on any atom is -0.504 e. The fraction of sp³-hybridized carbons (Fsp3) is 0.167. The SMILES string of the molecule is COc1ccc(C2=C(O)C(=O)CC2=O)cc1. The van der Waals surface area contributed by atoms with Crippen LogP contribution in [0.3, 0.4) is 0 Å². The molecular weight excluding hydrogens is 208 g/mol. The molecule has 1 aliphatic rings.